The lowest BCUT2D eigenvalue weighted by Crippen LogP contribution is -2.49. The zero-order valence-electron chi connectivity index (χ0n) is 16.9. The van der Waals surface area contributed by atoms with Crippen molar-refractivity contribution in [2.45, 2.75) is 50.1 Å². The van der Waals surface area contributed by atoms with Crippen molar-refractivity contribution in [3.8, 4) is 0 Å². The SMILES string of the molecule is FC(F)(F)c1ccc(N[C]N[C@H]2CCCC[C@@H]2N[C]Nc2ccc(C(F)(F)F)cc2)cc1. The maximum atomic E-state index is 12.6. The molecule has 1 aliphatic carbocycles. The number of nitrogens with one attached hydrogen (secondary N) is 4. The van der Waals surface area contributed by atoms with Gasteiger partial charge in [0.2, 0.25) is 0 Å². The Morgan fingerprint density at radius 3 is 1.25 bits per heavy atom. The highest BCUT2D eigenvalue weighted by molar-refractivity contribution is 5.47. The van der Waals surface area contributed by atoms with Gasteiger partial charge in [-0.25, -0.2) is 0 Å². The first kappa shape index (κ1) is 24.2. The summed E-state index contributed by atoms with van der Waals surface area (Å²) >= 11 is 0. The summed E-state index contributed by atoms with van der Waals surface area (Å²) in [5.41, 5.74) is -0.515. The molecule has 2 aromatic carbocycles. The van der Waals surface area contributed by atoms with Crippen molar-refractivity contribution in [3.63, 3.8) is 0 Å². The predicted molar refractivity (Wildman–Crippen MR) is 109 cm³/mol. The van der Waals surface area contributed by atoms with E-state index in [1.807, 2.05) is 0 Å². The van der Waals surface area contributed by atoms with Gasteiger partial charge in [-0.2, -0.15) is 26.3 Å². The van der Waals surface area contributed by atoms with Gasteiger partial charge < -0.3 is 10.6 Å². The molecular formula is C22H22F6N4. The van der Waals surface area contributed by atoms with E-state index >= 15 is 0 Å². The molecule has 0 bridgehead atoms. The molecular weight excluding hydrogens is 434 g/mol. The fourth-order valence-electron chi connectivity index (χ4n) is 3.36. The first-order valence-electron chi connectivity index (χ1n) is 10.0. The summed E-state index contributed by atoms with van der Waals surface area (Å²) in [5, 5.41) is 11.8. The van der Waals surface area contributed by atoms with Crippen LogP contribution in [0.25, 0.3) is 0 Å². The van der Waals surface area contributed by atoms with E-state index in [1.54, 1.807) is 0 Å². The van der Waals surface area contributed by atoms with E-state index < -0.39 is 23.5 Å². The van der Waals surface area contributed by atoms with Crippen molar-refractivity contribution < 1.29 is 26.3 Å². The van der Waals surface area contributed by atoms with Crippen LogP contribution in [0.5, 0.6) is 0 Å². The van der Waals surface area contributed by atoms with Crippen LogP contribution < -0.4 is 21.3 Å². The third-order valence-corrected chi connectivity index (χ3v) is 5.12. The quantitative estimate of drug-likeness (QED) is 0.303. The van der Waals surface area contributed by atoms with Gasteiger partial charge in [0.1, 0.15) is 0 Å². The molecule has 0 amide bonds. The van der Waals surface area contributed by atoms with E-state index in [-0.39, 0.29) is 12.1 Å². The van der Waals surface area contributed by atoms with Gasteiger partial charge in [-0.05, 0) is 61.4 Å². The fraction of sp³-hybridized carbons (Fsp3) is 0.364. The highest BCUT2D eigenvalue weighted by atomic mass is 19.4. The second-order valence-corrected chi connectivity index (χ2v) is 7.44. The standard InChI is InChI=1S/C22H22F6N4/c23-21(24,25)15-5-9-17(10-6-15)29-13-31-19-3-1-2-4-20(19)32-14-30-18-11-7-16(8-12-18)22(26,27)28/h5-12,19-20,29-32H,1-4H2/t19-,20-/m0/s1. The van der Waals surface area contributed by atoms with E-state index in [9.17, 15) is 26.3 Å². The van der Waals surface area contributed by atoms with Gasteiger partial charge in [0, 0.05) is 23.5 Å². The molecule has 172 valence electrons. The molecule has 1 saturated carbocycles. The second-order valence-electron chi connectivity index (χ2n) is 7.44. The summed E-state index contributed by atoms with van der Waals surface area (Å²) in [6.07, 6.45) is -5.06. The zero-order valence-corrected chi connectivity index (χ0v) is 16.9. The Labute approximate surface area is 182 Å². The monoisotopic (exact) mass is 456 g/mol. The van der Waals surface area contributed by atoms with Gasteiger partial charge in [0.05, 0.1) is 11.1 Å². The molecule has 2 atom stereocenters. The van der Waals surface area contributed by atoms with E-state index in [2.05, 4.69) is 34.6 Å². The van der Waals surface area contributed by atoms with Crippen LogP contribution in [0.15, 0.2) is 48.5 Å². The topological polar surface area (TPSA) is 48.1 Å². The lowest BCUT2D eigenvalue weighted by atomic mass is 9.90. The first-order chi connectivity index (χ1) is 15.1. The molecule has 0 aliphatic heterocycles. The van der Waals surface area contributed by atoms with E-state index in [4.69, 9.17) is 0 Å². The van der Waals surface area contributed by atoms with Crippen LogP contribution in [-0.4, -0.2) is 12.1 Å². The van der Waals surface area contributed by atoms with Crippen molar-refractivity contribution >= 4 is 11.4 Å². The average molecular weight is 456 g/mol. The summed E-state index contributed by atoms with van der Waals surface area (Å²) < 4.78 is 75.7. The minimum atomic E-state index is -4.38. The van der Waals surface area contributed by atoms with Crippen LogP contribution in [0, 0.1) is 13.3 Å². The molecule has 0 spiro atoms. The molecule has 4 N–H and O–H groups in total. The van der Waals surface area contributed by atoms with Crippen molar-refractivity contribution in [2.24, 2.45) is 0 Å². The van der Waals surface area contributed by atoms with Crippen LogP contribution in [0.1, 0.15) is 36.8 Å². The van der Waals surface area contributed by atoms with Crippen LogP contribution in [0.2, 0.25) is 0 Å². The Bertz CT molecular complexity index is 762. The molecule has 0 unspecified atom stereocenters. The maximum absolute atomic E-state index is 12.6. The van der Waals surface area contributed by atoms with Gasteiger partial charge in [0.15, 0.2) is 13.3 Å². The molecule has 0 saturated heterocycles. The first-order valence-corrected chi connectivity index (χ1v) is 10.0. The Morgan fingerprint density at radius 1 is 0.594 bits per heavy atom. The highest BCUT2D eigenvalue weighted by Crippen LogP contribution is 2.31. The smallest absolute Gasteiger partial charge is 0.361 e. The van der Waals surface area contributed by atoms with Gasteiger partial charge in [0.25, 0.3) is 0 Å². The fourth-order valence-corrected chi connectivity index (χ4v) is 3.36. The Kier molecular flexibility index (Phi) is 7.89. The third kappa shape index (κ3) is 7.03. The Morgan fingerprint density at radius 2 is 0.938 bits per heavy atom. The Balaban J connectivity index is 1.43. The van der Waals surface area contributed by atoms with Crippen LogP contribution in [-0.2, 0) is 12.4 Å². The van der Waals surface area contributed by atoms with Crippen molar-refractivity contribution in [2.75, 3.05) is 10.6 Å². The number of hydrogen-bond donors (Lipinski definition) is 4. The largest absolute Gasteiger partial charge is 0.416 e. The molecule has 1 fully saturated rings. The number of rotatable bonds is 8. The zero-order chi connectivity index (χ0) is 23.2. The number of halogens is 6. The van der Waals surface area contributed by atoms with E-state index in [0.717, 1.165) is 49.9 Å². The average Bonchev–Trinajstić information content (AvgIpc) is 2.74. The number of anilines is 2. The van der Waals surface area contributed by atoms with Crippen molar-refractivity contribution in [3.05, 3.63) is 73.0 Å². The molecule has 2 aromatic rings. The van der Waals surface area contributed by atoms with E-state index in [1.165, 1.54) is 24.3 Å². The minimum Gasteiger partial charge on any atom is -0.361 e. The molecule has 32 heavy (non-hydrogen) atoms. The van der Waals surface area contributed by atoms with Crippen LogP contribution >= 0.6 is 0 Å². The number of benzene rings is 2. The Hall–Kier alpha value is -2.46. The summed E-state index contributed by atoms with van der Waals surface area (Å²) in [4.78, 5) is 0. The third-order valence-electron chi connectivity index (χ3n) is 5.12. The number of hydrogen-bond acceptors (Lipinski definition) is 4. The van der Waals surface area contributed by atoms with E-state index in [0.29, 0.717) is 11.4 Å². The second kappa shape index (κ2) is 10.4. The summed E-state index contributed by atoms with van der Waals surface area (Å²) in [6.45, 7) is 5.62. The van der Waals surface area contributed by atoms with Crippen LogP contribution in [0.3, 0.4) is 0 Å². The molecule has 3 rings (SSSR count). The van der Waals surface area contributed by atoms with Gasteiger partial charge in [-0.1, -0.05) is 12.8 Å². The molecule has 4 nitrogen and oxygen atoms in total. The summed E-state index contributed by atoms with van der Waals surface area (Å²) in [5.74, 6) is 0. The molecule has 4 radical (unpaired) electrons. The molecule has 0 aromatic heterocycles. The molecule has 0 heterocycles. The van der Waals surface area contributed by atoms with Gasteiger partial charge in [-0.15, -0.1) is 0 Å². The highest BCUT2D eigenvalue weighted by Gasteiger charge is 2.31. The lowest BCUT2D eigenvalue weighted by Gasteiger charge is -2.32. The molecule has 10 heteroatoms. The summed E-state index contributed by atoms with van der Waals surface area (Å²) in [6, 6.07) is 9.25. The maximum Gasteiger partial charge on any atom is 0.416 e. The van der Waals surface area contributed by atoms with Crippen molar-refractivity contribution in [1.82, 2.24) is 10.6 Å². The lowest BCUT2D eigenvalue weighted by molar-refractivity contribution is -0.138. The van der Waals surface area contributed by atoms with Crippen LogP contribution in [0.4, 0.5) is 37.7 Å². The number of alkyl halides is 6. The summed E-state index contributed by atoms with van der Waals surface area (Å²) in [7, 11) is 0. The van der Waals surface area contributed by atoms with Gasteiger partial charge in [-0.3, -0.25) is 10.6 Å². The predicted octanol–water partition coefficient (Wildman–Crippen LogP) is 5.73. The minimum absolute atomic E-state index is 0.00685. The van der Waals surface area contributed by atoms with Crippen molar-refractivity contribution in [1.29, 1.82) is 0 Å². The van der Waals surface area contributed by atoms with Gasteiger partial charge >= 0.3 is 12.4 Å². The normalized spacial score (nSPS) is 19.6. The molecule has 1 aliphatic rings.